The molecule has 0 aliphatic carbocycles. The van der Waals surface area contributed by atoms with Gasteiger partial charge in [0.15, 0.2) is 5.03 Å². The number of amides is 1. The molecule has 0 unspecified atom stereocenters. The van der Waals surface area contributed by atoms with Crippen LogP contribution in [0.3, 0.4) is 0 Å². The van der Waals surface area contributed by atoms with Crippen LogP contribution in [0, 0.1) is 5.82 Å². The third-order valence-electron chi connectivity index (χ3n) is 4.82. The molecule has 1 N–H and O–H groups in total. The number of aromatic nitrogens is 3. The second-order valence-electron chi connectivity index (χ2n) is 7.85. The average Bonchev–Trinajstić information content (AvgIpc) is 3.21. The van der Waals surface area contributed by atoms with Gasteiger partial charge < -0.3 is 0 Å². The van der Waals surface area contributed by atoms with Crippen molar-refractivity contribution in [3.63, 3.8) is 0 Å². The SMILES string of the molecule is CC(C)c1cc(F)cc(-c2cccnc2)c1CC(=O)NS(=O)(=O)c1ccn(C(C)C)n1. The Kier molecular flexibility index (Phi) is 6.54. The third-order valence-corrected chi connectivity index (χ3v) is 6.08. The first-order valence-electron chi connectivity index (χ1n) is 9.92. The number of nitrogens with one attached hydrogen (secondary N) is 1. The summed E-state index contributed by atoms with van der Waals surface area (Å²) in [6.07, 6.45) is 4.49. The molecule has 31 heavy (non-hydrogen) atoms. The molecule has 3 rings (SSSR count). The largest absolute Gasteiger partial charge is 0.283 e. The van der Waals surface area contributed by atoms with E-state index in [4.69, 9.17) is 0 Å². The molecule has 0 spiro atoms. The third kappa shape index (κ3) is 5.16. The Labute approximate surface area is 181 Å². The summed E-state index contributed by atoms with van der Waals surface area (Å²) in [6, 6.07) is 7.52. The highest BCUT2D eigenvalue weighted by molar-refractivity contribution is 7.90. The molecule has 2 aromatic heterocycles. The summed E-state index contributed by atoms with van der Waals surface area (Å²) < 4.78 is 43.1. The van der Waals surface area contributed by atoms with E-state index in [-0.39, 0.29) is 23.4 Å². The Hall–Kier alpha value is -3.07. The standard InChI is InChI=1S/C22H25FN4O3S/c1-14(2)18-10-17(23)11-19(16-6-5-8-24-13-16)20(18)12-21(28)26-31(29,30)22-7-9-27(25-22)15(3)4/h5-11,13-15H,12H2,1-4H3,(H,26,28). The second kappa shape index (κ2) is 8.97. The van der Waals surface area contributed by atoms with Gasteiger partial charge in [-0.3, -0.25) is 14.5 Å². The minimum atomic E-state index is -4.13. The summed E-state index contributed by atoms with van der Waals surface area (Å²) in [7, 11) is -4.13. The number of pyridine rings is 1. The number of sulfonamides is 1. The van der Waals surface area contributed by atoms with Crippen molar-refractivity contribution in [1.29, 1.82) is 0 Å². The van der Waals surface area contributed by atoms with Crippen molar-refractivity contribution in [2.45, 2.75) is 51.1 Å². The molecule has 0 radical (unpaired) electrons. The van der Waals surface area contributed by atoms with Gasteiger partial charge in [-0.25, -0.2) is 9.11 Å². The summed E-state index contributed by atoms with van der Waals surface area (Å²) in [4.78, 5) is 16.8. The molecule has 2 heterocycles. The molecule has 7 nitrogen and oxygen atoms in total. The van der Waals surface area contributed by atoms with E-state index in [9.17, 15) is 17.6 Å². The lowest BCUT2D eigenvalue weighted by atomic mass is 9.88. The van der Waals surface area contributed by atoms with Gasteiger partial charge >= 0.3 is 0 Å². The van der Waals surface area contributed by atoms with Crippen LogP contribution in [0.2, 0.25) is 0 Å². The van der Waals surface area contributed by atoms with Crippen LogP contribution in [0.1, 0.15) is 50.8 Å². The predicted octanol–water partition coefficient (Wildman–Crippen LogP) is 3.84. The van der Waals surface area contributed by atoms with E-state index >= 15 is 0 Å². The lowest BCUT2D eigenvalue weighted by Crippen LogP contribution is -2.32. The minimum Gasteiger partial charge on any atom is -0.274 e. The van der Waals surface area contributed by atoms with E-state index in [1.165, 1.54) is 22.9 Å². The smallest absolute Gasteiger partial charge is 0.274 e. The number of rotatable bonds is 7. The molecule has 1 aromatic carbocycles. The van der Waals surface area contributed by atoms with Gasteiger partial charge in [0.25, 0.3) is 10.0 Å². The Morgan fingerprint density at radius 1 is 1.19 bits per heavy atom. The van der Waals surface area contributed by atoms with Crippen molar-refractivity contribution < 1.29 is 17.6 Å². The Morgan fingerprint density at radius 3 is 2.52 bits per heavy atom. The Bertz CT molecular complexity index is 1190. The van der Waals surface area contributed by atoms with Crippen LogP contribution in [-0.2, 0) is 21.2 Å². The highest BCUT2D eigenvalue weighted by Gasteiger charge is 2.24. The summed E-state index contributed by atoms with van der Waals surface area (Å²) in [5, 5.41) is 3.79. The zero-order valence-electron chi connectivity index (χ0n) is 17.8. The van der Waals surface area contributed by atoms with Crippen molar-refractivity contribution >= 4 is 15.9 Å². The molecule has 164 valence electrons. The molecule has 0 atom stereocenters. The molecule has 0 fully saturated rings. The normalized spacial score (nSPS) is 11.8. The molecule has 0 saturated carbocycles. The molecule has 0 bridgehead atoms. The molecule has 0 aliphatic rings. The molecular formula is C22H25FN4O3S. The van der Waals surface area contributed by atoms with Crippen LogP contribution < -0.4 is 4.72 Å². The van der Waals surface area contributed by atoms with Gasteiger partial charge in [0.2, 0.25) is 5.91 Å². The van der Waals surface area contributed by atoms with Crippen molar-refractivity contribution in [2.24, 2.45) is 0 Å². The first-order valence-corrected chi connectivity index (χ1v) is 11.4. The van der Waals surface area contributed by atoms with Gasteiger partial charge in [-0.15, -0.1) is 0 Å². The maximum atomic E-state index is 14.3. The Balaban J connectivity index is 1.95. The van der Waals surface area contributed by atoms with Crippen molar-refractivity contribution in [3.05, 3.63) is 65.9 Å². The Morgan fingerprint density at radius 2 is 1.94 bits per heavy atom. The number of hydrogen-bond acceptors (Lipinski definition) is 5. The number of benzene rings is 1. The summed E-state index contributed by atoms with van der Waals surface area (Å²) in [5.41, 5.74) is 2.35. The van der Waals surface area contributed by atoms with Crippen molar-refractivity contribution in [2.75, 3.05) is 0 Å². The molecular weight excluding hydrogens is 419 g/mol. The average molecular weight is 445 g/mol. The van der Waals surface area contributed by atoms with Gasteiger partial charge in [-0.2, -0.15) is 13.5 Å². The molecule has 0 saturated heterocycles. The quantitative estimate of drug-likeness (QED) is 0.598. The van der Waals surface area contributed by atoms with Crippen LogP contribution in [0.5, 0.6) is 0 Å². The minimum absolute atomic E-state index is 0.0190. The topological polar surface area (TPSA) is 94.0 Å². The van der Waals surface area contributed by atoms with Gasteiger partial charge in [0.05, 0.1) is 6.42 Å². The zero-order valence-corrected chi connectivity index (χ0v) is 18.6. The van der Waals surface area contributed by atoms with Crippen LogP contribution >= 0.6 is 0 Å². The van der Waals surface area contributed by atoms with E-state index in [0.717, 1.165) is 0 Å². The van der Waals surface area contributed by atoms with E-state index in [1.54, 1.807) is 30.7 Å². The van der Waals surface area contributed by atoms with Gasteiger partial charge in [0.1, 0.15) is 5.82 Å². The second-order valence-corrected chi connectivity index (χ2v) is 9.48. The predicted molar refractivity (Wildman–Crippen MR) is 115 cm³/mol. The van der Waals surface area contributed by atoms with Crippen LogP contribution in [0.15, 0.2) is 53.9 Å². The lowest BCUT2D eigenvalue weighted by molar-refractivity contribution is -0.118. The van der Waals surface area contributed by atoms with Gasteiger partial charge in [-0.05, 0) is 60.7 Å². The fraction of sp³-hybridized carbons (Fsp3) is 0.318. The number of halogens is 1. The number of hydrogen-bond donors (Lipinski definition) is 1. The fourth-order valence-electron chi connectivity index (χ4n) is 3.30. The van der Waals surface area contributed by atoms with E-state index < -0.39 is 21.7 Å². The first kappa shape index (κ1) is 22.6. The zero-order chi connectivity index (χ0) is 22.8. The van der Waals surface area contributed by atoms with E-state index in [0.29, 0.717) is 22.3 Å². The first-order chi connectivity index (χ1) is 14.6. The van der Waals surface area contributed by atoms with Crippen molar-refractivity contribution in [1.82, 2.24) is 19.5 Å². The van der Waals surface area contributed by atoms with Gasteiger partial charge in [-0.1, -0.05) is 19.9 Å². The number of nitrogens with zero attached hydrogens (tertiary/aromatic N) is 3. The highest BCUT2D eigenvalue weighted by Crippen LogP contribution is 2.31. The number of carbonyl (C=O) groups excluding carboxylic acids is 1. The van der Waals surface area contributed by atoms with Gasteiger partial charge in [0, 0.05) is 30.2 Å². The monoisotopic (exact) mass is 444 g/mol. The van der Waals surface area contributed by atoms with E-state index in [2.05, 4.69) is 14.8 Å². The van der Waals surface area contributed by atoms with Crippen LogP contribution in [-0.4, -0.2) is 29.1 Å². The fourth-order valence-corrected chi connectivity index (χ4v) is 4.22. The number of carbonyl (C=O) groups is 1. The molecule has 0 aliphatic heterocycles. The molecule has 3 aromatic rings. The summed E-state index contributed by atoms with van der Waals surface area (Å²) >= 11 is 0. The van der Waals surface area contributed by atoms with Crippen LogP contribution in [0.25, 0.3) is 11.1 Å². The maximum Gasteiger partial charge on any atom is 0.283 e. The molecule has 9 heteroatoms. The highest BCUT2D eigenvalue weighted by atomic mass is 32.2. The van der Waals surface area contributed by atoms with Crippen LogP contribution in [0.4, 0.5) is 4.39 Å². The summed E-state index contributed by atoms with van der Waals surface area (Å²) in [6.45, 7) is 7.50. The summed E-state index contributed by atoms with van der Waals surface area (Å²) in [5.74, 6) is -1.23. The maximum absolute atomic E-state index is 14.3. The van der Waals surface area contributed by atoms with Crippen molar-refractivity contribution in [3.8, 4) is 11.1 Å². The van der Waals surface area contributed by atoms with E-state index in [1.807, 2.05) is 27.7 Å². The lowest BCUT2D eigenvalue weighted by Gasteiger charge is -2.18. The molecule has 1 amide bonds.